The number of likely N-dealkylation sites (N-methyl/N-ethyl adjacent to an activating group) is 1. The number of anilines is 1. The predicted molar refractivity (Wildman–Crippen MR) is 72.6 cm³/mol. The zero-order valence-electron chi connectivity index (χ0n) is 10.2. The van der Waals surface area contributed by atoms with Crippen LogP contribution in [0, 0.1) is 6.92 Å². The van der Waals surface area contributed by atoms with E-state index in [2.05, 4.69) is 44.1 Å². The number of ether oxygens (including phenoxy) is 1. The van der Waals surface area contributed by atoms with Crippen LogP contribution >= 0.6 is 15.9 Å². The van der Waals surface area contributed by atoms with Gasteiger partial charge in [-0.3, -0.25) is 0 Å². The quantitative estimate of drug-likeness (QED) is 0.919. The summed E-state index contributed by atoms with van der Waals surface area (Å²) >= 11 is 3.45. The molecule has 0 spiro atoms. The van der Waals surface area contributed by atoms with Crippen molar-refractivity contribution in [3.8, 4) is 0 Å². The van der Waals surface area contributed by atoms with Crippen molar-refractivity contribution in [2.75, 3.05) is 38.3 Å². The largest absolute Gasteiger partial charge is 0.377 e. The lowest BCUT2D eigenvalue weighted by atomic mass is 10.2. The smallest absolute Gasteiger partial charge is 0.131 e. The lowest BCUT2D eigenvalue weighted by Crippen LogP contribution is -2.50. The van der Waals surface area contributed by atoms with Gasteiger partial charge in [0.05, 0.1) is 19.3 Å². The number of hydrogen-bond donors (Lipinski definition) is 1. The van der Waals surface area contributed by atoms with Gasteiger partial charge in [0.2, 0.25) is 0 Å². The molecule has 17 heavy (non-hydrogen) atoms. The topological polar surface area (TPSA) is 37.4 Å². The molecule has 1 unspecified atom stereocenters. The number of morpholine rings is 1. The standard InChI is InChI=1S/C12H18BrN3O/c1-9-5-10(13)6-15-12(9)16-3-4-17-8-11(16)7-14-2/h5-6,11,14H,3-4,7-8H2,1-2H3. The van der Waals surface area contributed by atoms with Crippen molar-refractivity contribution in [2.45, 2.75) is 13.0 Å². The van der Waals surface area contributed by atoms with E-state index in [4.69, 9.17) is 4.74 Å². The van der Waals surface area contributed by atoms with E-state index in [0.717, 1.165) is 36.6 Å². The second-order valence-electron chi connectivity index (χ2n) is 4.27. The van der Waals surface area contributed by atoms with Crippen molar-refractivity contribution in [3.63, 3.8) is 0 Å². The fourth-order valence-corrected chi connectivity index (χ4v) is 2.62. The van der Waals surface area contributed by atoms with Crippen LogP contribution in [0.2, 0.25) is 0 Å². The fourth-order valence-electron chi connectivity index (χ4n) is 2.17. The molecule has 4 nitrogen and oxygen atoms in total. The van der Waals surface area contributed by atoms with E-state index in [9.17, 15) is 0 Å². The SMILES string of the molecule is CNCC1COCCN1c1ncc(Br)cc1C. The summed E-state index contributed by atoms with van der Waals surface area (Å²) in [6, 6.07) is 2.47. The Morgan fingerprint density at radius 3 is 3.18 bits per heavy atom. The van der Waals surface area contributed by atoms with Crippen LogP contribution in [-0.4, -0.2) is 44.4 Å². The van der Waals surface area contributed by atoms with E-state index in [-0.39, 0.29) is 0 Å². The van der Waals surface area contributed by atoms with Crippen LogP contribution in [0.3, 0.4) is 0 Å². The maximum absolute atomic E-state index is 5.53. The van der Waals surface area contributed by atoms with Gasteiger partial charge in [-0.05, 0) is 41.5 Å². The third kappa shape index (κ3) is 2.97. The van der Waals surface area contributed by atoms with E-state index in [0.29, 0.717) is 6.04 Å². The molecule has 1 aliphatic rings. The third-order valence-electron chi connectivity index (χ3n) is 2.96. The summed E-state index contributed by atoms with van der Waals surface area (Å²) in [5.74, 6) is 1.07. The van der Waals surface area contributed by atoms with Gasteiger partial charge in [-0.1, -0.05) is 0 Å². The number of aromatic nitrogens is 1. The van der Waals surface area contributed by atoms with Gasteiger partial charge in [0.1, 0.15) is 5.82 Å². The van der Waals surface area contributed by atoms with Gasteiger partial charge >= 0.3 is 0 Å². The molecule has 1 N–H and O–H groups in total. The fraction of sp³-hybridized carbons (Fsp3) is 0.583. The molecule has 0 saturated carbocycles. The van der Waals surface area contributed by atoms with Crippen LogP contribution in [0.25, 0.3) is 0 Å². The van der Waals surface area contributed by atoms with Gasteiger partial charge < -0.3 is 15.0 Å². The van der Waals surface area contributed by atoms with Crippen molar-refractivity contribution in [1.29, 1.82) is 0 Å². The molecule has 1 aromatic heterocycles. The molecule has 1 atom stereocenters. The molecule has 94 valence electrons. The van der Waals surface area contributed by atoms with Crippen LogP contribution in [0.4, 0.5) is 5.82 Å². The minimum Gasteiger partial charge on any atom is -0.377 e. The lowest BCUT2D eigenvalue weighted by molar-refractivity contribution is 0.0938. The Labute approximate surface area is 110 Å². The van der Waals surface area contributed by atoms with Crippen molar-refractivity contribution in [2.24, 2.45) is 0 Å². The monoisotopic (exact) mass is 299 g/mol. The predicted octanol–water partition coefficient (Wildman–Crippen LogP) is 1.58. The minimum absolute atomic E-state index is 0.362. The molecule has 2 heterocycles. The number of hydrogen-bond acceptors (Lipinski definition) is 4. The van der Waals surface area contributed by atoms with Gasteiger partial charge in [-0.15, -0.1) is 0 Å². The van der Waals surface area contributed by atoms with Crippen molar-refractivity contribution in [1.82, 2.24) is 10.3 Å². The van der Waals surface area contributed by atoms with Gasteiger partial charge in [-0.25, -0.2) is 4.98 Å². The number of pyridine rings is 1. The second kappa shape index (κ2) is 5.80. The Kier molecular flexibility index (Phi) is 4.36. The van der Waals surface area contributed by atoms with Gasteiger partial charge in [0.15, 0.2) is 0 Å². The van der Waals surface area contributed by atoms with Gasteiger partial charge in [0, 0.05) is 23.8 Å². The summed E-state index contributed by atoms with van der Waals surface area (Å²) in [5, 5.41) is 3.21. The van der Waals surface area contributed by atoms with Crippen molar-refractivity contribution < 1.29 is 4.74 Å². The number of nitrogens with one attached hydrogen (secondary N) is 1. The number of rotatable bonds is 3. The average Bonchev–Trinajstić information content (AvgIpc) is 2.31. The highest BCUT2D eigenvalue weighted by Gasteiger charge is 2.24. The van der Waals surface area contributed by atoms with Crippen LogP contribution in [0.15, 0.2) is 16.7 Å². The normalized spacial score (nSPS) is 20.6. The molecule has 2 rings (SSSR count). The summed E-state index contributed by atoms with van der Waals surface area (Å²) in [6.07, 6.45) is 1.86. The zero-order valence-corrected chi connectivity index (χ0v) is 11.8. The first-order chi connectivity index (χ1) is 8.22. The summed E-state index contributed by atoms with van der Waals surface area (Å²) in [7, 11) is 1.97. The Balaban J connectivity index is 2.23. The zero-order chi connectivity index (χ0) is 12.3. The number of halogens is 1. The van der Waals surface area contributed by atoms with Crippen LogP contribution in [0.1, 0.15) is 5.56 Å². The van der Waals surface area contributed by atoms with Gasteiger partial charge in [0.25, 0.3) is 0 Å². The Bertz CT molecular complexity index is 384. The first-order valence-corrected chi connectivity index (χ1v) is 6.63. The highest BCUT2D eigenvalue weighted by atomic mass is 79.9. The molecule has 5 heteroatoms. The van der Waals surface area contributed by atoms with E-state index in [1.165, 1.54) is 5.56 Å². The Morgan fingerprint density at radius 1 is 1.65 bits per heavy atom. The number of nitrogens with zero attached hydrogens (tertiary/aromatic N) is 2. The molecule has 0 aliphatic carbocycles. The van der Waals surface area contributed by atoms with Crippen LogP contribution < -0.4 is 10.2 Å². The Hall–Kier alpha value is -0.650. The molecular weight excluding hydrogens is 282 g/mol. The molecule has 0 amide bonds. The summed E-state index contributed by atoms with van der Waals surface area (Å²) in [6.45, 7) is 5.45. The molecule has 1 aliphatic heterocycles. The van der Waals surface area contributed by atoms with Crippen LogP contribution in [0.5, 0.6) is 0 Å². The van der Waals surface area contributed by atoms with E-state index in [1.807, 2.05) is 13.2 Å². The first-order valence-electron chi connectivity index (χ1n) is 5.83. The second-order valence-corrected chi connectivity index (χ2v) is 5.19. The molecule has 0 bridgehead atoms. The van der Waals surface area contributed by atoms with Crippen LogP contribution in [-0.2, 0) is 4.74 Å². The number of aryl methyl sites for hydroxylation is 1. The summed E-state index contributed by atoms with van der Waals surface area (Å²) in [5.41, 5.74) is 1.20. The highest BCUT2D eigenvalue weighted by Crippen LogP contribution is 2.23. The maximum Gasteiger partial charge on any atom is 0.131 e. The average molecular weight is 300 g/mol. The molecule has 0 aromatic carbocycles. The minimum atomic E-state index is 0.362. The molecule has 1 saturated heterocycles. The molecule has 0 radical (unpaired) electrons. The van der Waals surface area contributed by atoms with Gasteiger partial charge in [-0.2, -0.15) is 0 Å². The van der Waals surface area contributed by atoms with E-state index >= 15 is 0 Å². The molecule has 1 fully saturated rings. The first kappa shape index (κ1) is 12.8. The highest BCUT2D eigenvalue weighted by molar-refractivity contribution is 9.10. The van der Waals surface area contributed by atoms with E-state index < -0.39 is 0 Å². The third-order valence-corrected chi connectivity index (χ3v) is 3.39. The summed E-state index contributed by atoms with van der Waals surface area (Å²) < 4.78 is 6.56. The van der Waals surface area contributed by atoms with Crippen molar-refractivity contribution in [3.05, 3.63) is 22.3 Å². The Morgan fingerprint density at radius 2 is 2.47 bits per heavy atom. The molecule has 1 aromatic rings. The molecular formula is C12H18BrN3O. The van der Waals surface area contributed by atoms with Crippen molar-refractivity contribution >= 4 is 21.7 Å². The lowest BCUT2D eigenvalue weighted by Gasteiger charge is -2.37. The summed E-state index contributed by atoms with van der Waals surface area (Å²) in [4.78, 5) is 6.86. The van der Waals surface area contributed by atoms with E-state index in [1.54, 1.807) is 0 Å². The maximum atomic E-state index is 5.53.